The first-order valence-corrected chi connectivity index (χ1v) is 7.69. The Bertz CT molecular complexity index is 679. The molecular formula is C15H11BrCl2FNO. The van der Waals surface area contributed by atoms with Crippen molar-refractivity contribution in [3.63, 3.8) is 0 Å². The predicted octanol–water partition coefficient (Wildman–Crippen LogP) is 4.87. The molecule has 2 aromatic rings. The molecule has 0 spiro atoms. The van der Waals surface area contributed by atoms with Gasteiger partial charge in [-0.2, -0.15) is 0 Å². The lowest BCUT2D eigenvalue weighted by atomic mass is 10.1. The van der Waals surface area contributed by atoms with E-state index < -0.39 is 11.7 Å². The molecule has 21 heavy (non-hydrogen) atoms. The summed E-state index contributed by atoms with van der Waals surface area (Å²) in [5.74, 6) is -1.02. The van der Waals surface area contributed by atoms with Gasteiger partial charge in [-0.1, -0.05) is 45.2 Å². The van der Waals surface area contributed by atoms with Crippen LogP contribution >= 0.6 is 39.1 Å². The molecule has 0 radical (unpaired) electrons. The second-order valence-corrected chi connectivity index (χ2v) is 6.13. The number of hydrogen-bond acceptors (Lipinski definition) is 1. The van der Waals surface area contributed by atoms with E-state index in [0.717, 1.165) is 5.56 Å². The predicted molar refractivity (Wildman–Crippen MR) is 86.6 cm³/mol. The highest BCUT2D eigenvalue weighted by molar-refractivity contribution is 9.10. The fraction of sp³-hybridized carbons (Fsp3) is 0.133. The summed E-state index contributed by atoms with van der Waals surface area (Å²) in [5.41, 5.74) is 0.887. The van der Waals surface area contributed by atoms with Crippen LogP contribution in [-0.4, -0.2) is 12.5 Å². The average Bonchev–Trinajstić information content (AvgIpc) is 2.41. The molecule has 0 saturated heterocycles. The van der Waals surface area contributed by atoms with Gasteiger partial charge in [0, 0.05) is 21.1 Å². The summed E-state index contributed by atoms with van der Waals surface area (Å²) in [6, 6.07) is 9.49. The Morgan fingerprint density at radius 1 is 1.19 bits per heavy atom. The lowest BCUT2D eigenvalue weighted by molar-refractivity contribution is 0.0950. The molecule has 1 N–H and O–H groups in total. The number of carbonyl (C=O) groups is 1. The third kappa shape index (κ3) is 4.43. The van der Waals surface area contributed by atoms with Crippen molar-refractivity contribution in [1.29, 1.82) is 0 Å². The molecule has 0 unspecified atom stereocenters. The fourth-order valence-corrected chi connectivity index (χ4v) is 2.64. The number of hydrogen-bond donors (Lipinski definition) is 1. The van der Waals surface area contributed by atoms with Crippen LogP contribution in [0.2, 0.25) is 10.0 Å². The van der Waals surface area contributed by atoms with Gasteiger partial charge in [0.15, 0.2) is 0 Å². The van der Waals surface area contributed by atoms with Crippen molar-refractivity contribution in [2.75, 3.05) is 6.54 Å². The van der Waals surface area contributed by atoms with E-state index in [2.05, 4.69) is 21.2 Å². The van der Waals surface area contributed by atoms with Crippen LogP contribution in [0.25, 0.3) is 0 Å². The topological polar surface area (TPSA) is 29.1 Å². The van der Waals surface area contributed by atoms with Crippen LogP contribution in [0, 0.1) is 5.82 Å². The van der Waals surface area contributed by atoms with Crippen molar-refractivity contribution in [2.45, 2.75) is 6.42 Å². The van der Waals surface area contributed by atoms with Crippen molar-refractivity contribution in [3.8, 4) is 0 Å². The number of carbonyl (C=O) groups excluding carboxylic acids is 1. The minimum absolute atomic E-state index is 0.0143. The summed E-state index contributed by atoms with van der Waals surface area (Å²) in [6.07, 6.45) is 0.542. The quantitative estimate of drug-likeness (QED) is 0.792. The SMILES string of the molecule is O=C(NCCc1ccc(Cl)cc1Cl)c1ccc(Br)cc1F. The Morgan fingerprint density at radius 3 is 2.62 bits per heavy atom. The lowest BCUT2D eigenvalue weighted by Crippen LogP contribution is -2.26. The summed E-state index contributed by atoms with van der Waals surface area (Å²) >= 11 is 15.0. The molecule has 0 bridgehead atoms. The van der Waals surface area contributed by atoms with Gasteiger partial charge in [0.25, 0.3) is 5.91 Å². The van der Waals surface area contributed by atoms with Gasteiger partial charge >= 0.3 is 0 Å². The third-order valence-corrected chi connectivity index (χ3v) is 3.95. The number of benzene rings is 2. The molecule has 0 atom stereocenters. The van der Waals surface area contributed by atoms with Crippen LogP contribution < -0.4 is 5.32 Å². The van der Waals surface area contributed by atoms with Gasteiger partial charge in [0.1, 0.15) is 5.82 Å². The minimum Gasteiger partial charge on any atom is -0.352 e. The van der Waals surface area contributed by atoms with Crippen molar-refractivity contribution in [2.24, 2.45) is 0 Å². The van der Waals surface area contributed by atoms with Crippen LogP contribution in [0.3, 0.4) is 0 Å². The summed E-state index contributed by atoms with van der Waals surface area (Å²) in [6.45, 7) is 0.357. The molecule has 0 fully saturated rings. The van der Waals surface area contributed by atoms with Gasteiger partial charge in [-0.3, -0.25) is 4.79 Å². The van der Waals surface area contributed by atoms with Gasteiger partial charge in [-0.15, -0.1) is 0 Å². The van der Waals surface area contributed by atoms with Gasteiger partial charge in [0.2, 0.25) is 0 Å². The summed E-state index contributed by atoms with van der Waals surface area (Å²) in [4.78, 5) is 11.9. The lowest BCUT2D eigenvalue weighted by Gasteiger charge is -2.08. The summed E-state index contributed by atoms with van der Waals surface area (Å²) < 4.78 is 14.2. The van der Waals surface area contributed by atoms with Gasteiger partial charge in [-0.25, -0.2) is 4.39 Å². The highest BCUT2D eigenvalue weighted by Crippen LogP contribution is 2.21. The zero-order chi connectivity index (χ0) is 15.4. The van der Waals surface area contributed by atoms with E-state index in [1.165, 1.54) is 12.1 Å². The number of rotatable bonds is 4. The second kappa shape index (κ2) is 7.25. The smallest absolute Gasteiger partial charge is 0.254 e. The van der Waals surface area contributed by atoms with Crippen LogP contribution in [0.4, 0.5) is 4.39 Å². The molecule has 0 aliphatic heterocycles. The first kappa shape index (κ1) is 16.3. The maximum Gasteiger partial charge on any atom is 0.254 e. The van der Waals surface area contributed by atoms with E-state index in [9.17, 15) is 9.18 Å². The van der Waals surface area contributed by atoms with Crippen LogP contribution in [0.5, 0.6) is 0 Å². The van der Waals surface area contributed by atoms with Crippen molar-refractivity contribution in [3.05, 3.63) is 67.9 Å². The largest absolute Gasteiger partial charge is 0.352 e. The van der Waals surface area contributed by atoms with Crippen molar-refractivity contribution >= 4 is 45.0 Å². The number of nitrogens with one attached hydrogen (secondary N) is 1. The van der Waals surface area contributed by atoms with E-state index in [4.69, 9.17) is 23.2 Å². The van der Waals surface area contributed by atoms with E-state index in [0.29, 0.717) is 27.5 Å². The zero-order valence-electron chi connectivity index (χ0n) is 10.8. The Kier molecular flexibility index (Phi) is 5.62. The molecule has 2 aromatic carbocycles. The Balaban J connectivity index is 1.95. The highest BCUT2D eigenvalue weighted by atomic mass is 79.9. The second-order valence-electron chi connectivity index (χ2n) is 4.37. The molecule has 2 nitrogen and oxygen atoms in total. The van der Waals surface area contributed by atoms with E-state index >= 15 is 0 Å². The standard InChI is InChI=1S/C15H11BrCl2FNO/c16-10-2-4-12(14(19)7-10)15(21)20-6-5-9-1-3-11(17)8-13(9)18/h1-4,7-8H,5-6H2,(H,20,21). The third-order valence-electron chi connectivity index (χ3n) is 2.87. The van der Waals surface area contributed by atoms with Crippen molar-refractivity contribution < 1.29 is 9.18 Å². The maximum atomic E-state index is 13.6. The minimum atomic E-state index is -0.564. The molecular weight excluding hydrogens is 380 g/mol. The molecule has 0 saturated carbocycles. The average molecular weight is 391 g/mol. The van der Waals surface area contributed by atoms with E-state index in [-0.39, 0.29) is 5.56 Å². The fourth-order valence-electron chi connectivity index (χ4n) is 1.80. The molecule has 1 amide bonds. The summed E-state index contributed by atoms with van der Waals surface area (Å²) in [5, 5.41) is 3.77. The van der Waals surface area contributed by atoms with Gasteiger partial charge < -0.3 is 5.32 Å². The van der Waals surface area contributed by atoms with E-state index in [1.807, 2.05) is 0 Å². The monoisotopic (exact) mass is 389 g/mol. The molecule has 110 valence electrons. The van der Waals surface area contributed by atoms with E-state index in [1.54, 1.807) is 24.3 Å². The van der Waals surface area contributed by atoms with Crippen LogP contribution in [0.1, 0.15) is 15.9 Å². The van der Waals surface area contributed by atoms with Gasteiger partial charge in [0.05, 0.1) is 5.56 Å². The normalized spacial score (nSPS) is 10.5. The molecule has 0 aliphatic rings. The number of amides is 1. The van der Waals surface area contributed by atoms with Crippen LogP contribution in [-0.2, 0) is 6.42 Å². The molecule has 0 aliphatic carbocycles. The molecule has 0 aromatic heterocycles. The first-order chi connectivity index (χ1) is 9.97. The molecule has 2 rings (SSSR count). The Hall–Kier alpha value is -1.10. The summed E-state index contributed by atoms with van der Waals surface area (Å²) in [7, 11) is 0. The maximum absolute atomic E-state index is 13.6. The molecule has 0 heterocycles. The Morgan fingerprint density at radius 2 is 1.95 bits per heavy atom. The first-order valence-electron chi connectivity index (χ1n) is 6.14. The zero-order valence-corrected chi connectivity index (χ0v) is 13.9. The van der Waals surface area contributed by atoms with Crippen LogP contribution in [0.15, 0.2) is 40.9 Å². The Labute approximate surface area is 140 Å². The number of halogens is 4. The van der Waals surface area contributed by atoms with Gasteiger partial charge in [-0.05, 0) is 42.3 Å². The van der Waals surface area contributed by atoms with Crippen molar-refractivity contribution in [1.82, 2.24) is 5.32 Å². The molecule has 6 heteroatoms. The highest BCUT2D eigenvalue weighted by Gasteiger charge is 2.11.